The number of nitrogens with zero attached hydrogens (tertiary/aromatic N) is 1. The highest BCUT2D eigenvalue weighted by molar-refractivity contribution is 5.82. The zero-order valence-electron chi connectivity index (χ0n) is 7.82. The van der Waals surface area contributed by atoms with Gasteiger partial charge in [-0.05, 0) is 25.5 Å². The van der Waals surface area contributed by atoms with Gasteiger partial charge in [0, 0.05) is 0 Å². The molecule has 1 N–H and O–H groups in total. The topological polar surface area (TPSA) is 41.8 Å². The van der Waals surface area contributed by atoms with Gasteiger partial charge >= 0.3 is 0 Å². The van der Waals surface area contributed by atoms with Crippen LogP contribution >= 0.6 is 0 Å². The maximum absolute atomic E-state index is 8.39. The summed E-state index contributed by atoms with van der Waals surface area (Å²) in [5.74, 6) is 0.825. The third-order valence-electron chi connectivity index (χ3n) is 1.70. The largest absolute Gasteiger partial charge is 0.487 e. The predicted octanol–water partition coefficient (Wildman–Crippen LogP) is 2.22. The van der Waals surface area contributed by atoms with E-state index in [9.17, 15) is 0 Å². The zero-order chi connectivity index (χ0) is 9.68. The molecule has 0 saturated carbocycles. The molecule has 0 radical (unpaired) electrons. The molecule has 0 bridgehead atoms. The van der Waals surface area contributed by atoms with Crippen molar-refractivity contribution in [2.75, 3.05) is 6.61 Å². The van der Waals surface area contributed by atoms with Gasteiger partial charge in [0.2, 0.25) is 0 Å². The Hall–Kier alpha value is -1.51. The summed E-state index contributed by atoms with van der Waals surface area (Å²) in [5.41, 5.74) is 1.64. The molecule has 0 amide bonds. The van der Waals surface area contributed by atoms with Gasteiger partial charge in [-0.2, -0.15) is 0 Å². The Labute approximate surface area is 77.6 Å². The molecule has 1 aromatic carbocycles. The molecule has 0 unspecified atom stereocenters. The minimum absolute atomic E-state index is 0.321. The number of ether oxygens (including phenoxy) is 1. The fourth-order valence-electron chi connectivity index (χ4n) is 0.929. The van der Waals surface area contributed by atoms with Crippen LogP contribution in [-0.4, -0.2) is 17.5 Å². The number of benzene rings is 1. The van der Waals surface area contributed by atoms with Crippen molar-refractivity contribution in [1.29, 1.82) is 0 Å². The number of oxime groups is 1. The first-order valence-corrected chi connectivity index (χ1v) is 4.10. The highest BCUT2D eigenvalue weighted by Crippen LogP contribution is 2.15. The van der Waals surface area contributed by atoms with E-state index >= 15 is 0 Å². The van der Waals surface area contributed by atoms with Gasteiger partial charge in [-0.3, -0.25) is 0 Å². The first kappa shape index (κ1) is 9.58. The van der Waals surface area contributed by atoms with Gasteiger partial charge in [-0.25, -0.2) is 0 Å². The van der Waals surface area contributed by atoms with Gasteiger partial charge in [0.05, 0.1) is 5.71 Å². The third-order valence-corrected chi connectivity index (χ3v) is 1.70. The van der Waals surface area contributed by atoms with E-state index < -0.39 is 0 Å². The summed E-state index contributed by atoms with van der Waals surface area (Å²) >= 11 is 0. The van der Waals surface area contributed by atoms with Crippen molar-refractivity contribution in [3.05, 3.63) is 29.8 Å². The fraction of sp³-hybridized carbons (Fsp3) is 0.300. The monoisotopic (exact) mass is 179 g/mol. The number of hydrogen-bond donors (Lipinski definition) is 1. The quantitative estimate of drug-likeness (QED) is 0.439. The van der Waals surface area contributed by atoms with E-state index in [1.165, 1.54) is 0 Å². The van der Waals surface area contributed by atoms with Gasteiger partial charge in [-0.1, -0.05) is 23.4 Å². The molecule has 0 aliphatic carbocycles. The smallest absolute Gasteiger partial charge is 0.129 e. The summed E-state index contributed by atoms with van der Waals surface area (Å²) in [4.78, 5) is 0. The van der Waals surface area contributed by atoms with Crippen LogP contribution in [0.15, 0.2) is 29.4 Å². The molecule has 13 heavy (non-hydrogen) atoms. The summed E-state index contributed by atoms with van der Waals surface area (Å²) in [7, 11) is 0. The van der Waals surface area contributed by atoms with E-state index in [1.54, 1.807) is 6.92 Å². The SMILES string of the molecule is C/C(COc1ccccc1C)=N\O. The van der Waals surface area contributed by atoms with E-state index in [2.05, 4.69) is 5.16 Å². The van der Waals surface area contributed by atoms with Crippen LogP contribution in [0.25, 0.3) is 0 Å². The van der Waals surface area contributed by atoms with Gasteiger partial charge < -0.3 is 9.94 Å². The van der Waals surface area contributed by atoms with E-state index in [-0.39, 0.29) is 0 Å². The number of hydrogen-bond acceptors (Lipinski definition) is 3. The van der Waals surface area contributed by atoms with Crippen molar-refractivity contribution in [2.24, 2.45) is 5.16 Å². The molecule has 3 nitrogen and oxygen atoms in total. The summed E-state index contributed by atoms with van der Waals surface area (Å²) in [6.45, 7) is 4.00. The first-order valence-electron chi connectivity index (χ1n) is 4.10. The minimum atomic E-state index is 0.321. The molecule has 0 spiro atoms. The molecule has 0 fully saturated rings. The number of rotatable bonds is 3. The highest BCUT2D eigenvalue weighted by Gasteiger charge is 1.98. The lowest BCUT2D eigenvalue weighted by atomic mass is 10.2. The van der Waals surface area contributed by atoms with Gasteiger partial charge in [0.1, 0.15) is 12.4 Å². The first-order chi connectivity index (χ1) is 6.24. The minimum Gasteiger partial charge on any atom is -0.487 e. The van der Waals surface area contributed by atoms with E-state index in [0.29, 0.717) is 12.3 Å². The molecular weight excluding hydrogens is 166 g/mol. The molecule has 0 atom stereocenters. The molecule has 70 valence electrons. The van der Waals surface area contributed by atoms with Crippen LogP contribution in [0.5, 0.6) is 5.75 Å². The maximum Gasteiger partial charge on any atom is 0.129 e. The van der Waals surface area contributed by atoms with Gasteiger partial charge in [0.25, 0.3) is 0 Å². The molecule has 0 heterocycles. The number of aryl methyl sites for hydroxylation is 1. The highest BCUT2D eigenvalue weighted by atomic mass is 16.5. The van der Waals surface area contributed by atoms with Crippen LogP contribution in [0, 0.1) is 6.92 Å². The van der Waals surface area contributed by atoms with Crippen LogP contribution in [-0.2, 0) is 0 Å². The molecule has 0 aromatic heterocycles. The van der Waals surface area contributed by atoms with E-state index in [1.807, 2.05) is 31.2 Å². The van der Waals surface area contributed by atoms with Gasteiger partial charge in [0.15, 0.2) is 0 Å². The normalized spacial score (nSPS) is 11.4. The van der Waals surface area contributed by atoms with Crippen molar-refractivity contribution in [2.45, 2.75) is 13.8 Å². The second-order valence-electron chi connectivity index (χ2n) is 2.89. The Bertz CT molecular complexity index is 308. The summed E-state index contributed by atoms with van der Waals surface area (Å²) in [6, 6.07) is 7.73. The molecule has 1 aromatic rings. The van der Waals surface area contributed by atoms with Crippen LogP contribution < -0.4 is 4.74 Å². The fourth-order valence-corrected chi connectivity index (χ4v) is 0.929. The second kappa shape index (κ2) is 4.50. The molecule has 0 aliphatic rings. The molecule has 1 rings (SSSR count). The predicted molar refractivity (Wildman–Crippen MR) is 51.6 cm³/mol. The summed E-state index contributed by atoms with van der Waals surface area (Å²) in [6.07, 6.45) is 0. The second-order valence-corrected chi connectivity index (χ2v) is 2.89. The average molecular weight is 179 g/mol. The molecule has 0 saturated heterocycles. The zero-order valence-corrected chi connectivity index (χ0v) is 7.82. The van der Waals surface area contributed by atoms with E-state index in [0.717, 1.165) is 11.3 Å². The lowest BCUT2D eigenvalue weighted by Crippen LogP contribution is -2.07. The Morgan fingerprint density at radius 2 is 2.15 bits per heavy atom. The molecule has 3 heteroatoms. The van der Waals surface area contributed by atoms with Crippen LogP contribution in [0.2, 0.25) is 0 Å². The lowest BCUT2D eigenvalue weighted by Gasteiger charge is -2.06. The van der Waals surface area contributed by atoms with Crippen LogP contribution in [0.4, 0.5) is 0 Å². The van der Waals surface area contributed by atoms with Crippen molar-refractivity contribution in [1.82, 2.24) is 0 Å². The standard InChI is InChI=1S/C10H13NO2/c1-8-5-3-4-6-10(8)13-7-9(2)11-12/h3-6,12H,7H2,1-2H3/b11-9+. The third kappa shape index (κ3) is 2.78. The van der Waals surface area contributed by atoms with Gasteiger partial charge in [-0.15, -0.1) is 0 Å². The molecular formula is C10H13NO2. The molecule has 0 aliphatic heterocycles. The average Bonchev–Trinajstić information content (AvgIpc) is 2.16. The Kier molecular flexibility index (Phi) is 3.31. The van der Waals surface area contributed by atoms with Crippen molar-refractivity contribution < 1.29 is 9.94 Å². The van der Waals surface area contributed by atoms with Crippen molar-refractivity contribution >= 4 is 5.71 Å². The number of para-hydroxylation sites is 1. The van der Waals surface area contributed by atoms with Crippen LogP contribution in [0.3, 0.4) is 0 Å². The Morgan fingerprint density at radius 3 is 2.77 bits per heavy atom. The van der Waals surface area contributed by atoms with Crippen molar-refractivity contribution in [3.63, 3.8) is 0 Å². The maximum atomic E-state index is 8.39. The summed E-state index contributed by atoms with van der Waals surface area (Å²) < 4.78 is 5.40. The van der Waals surface area contributed by atoms with Crippen molar-refractivity contribution in [3.8, 4) is 5.75 Å². The summed E-state index contributed by atoms with van der Waals surface area (Å²) in [5, 5.41) is 11.4. The van der Waals surface area contributed by atoms with Crippen LogP contribution in [0.1, 0.15) is 12.5 Å². The lowest BCUT2D eigenvalue weighted by molar-refractivity contribution is 0.306. The van der Waals surface area contributed by atoms with E-state index in [4.69, 9.17) is 9.94 Å². The Balaban J connectivity index is 2.60. The Morgan fingerprint density at radius 1 is 1.46 bits per heavy atom.